The van der Waals surface area contributed by atoms with Crippen molar-refractivity contribution < 1.29 is 9.53 Å². The maximum atomic E-state index is 12.2. The van der Waals surface area contributed by atoms with Gasteiger partial charge in [-0.3, -0.25) is 4.79 Å². The molecule has 1 N–H and O–H groups in total. The fourth-order valence-corrected chi connectivity index (χ4v) is 2.77. The van der Waals surface area contributed by atoms with Gasteiger partial charge in [0.15, 0.2) is 0 Å². The highest BCUT2D eigenvalue weighted by Crippen LogP contribution is 2.19. The Kier molecular flexibility index (Phi) is 6.23. The van der Waals surface area contributed by atoms with Crippen LogP contribution in [0.3, 0.4) is 0 Å². The molecule has 3 aromatic carbocycles. The first-order chi connectivity index (χ1) is 13.1. The molecule has 0 spiro atoms. The van der Waals surface area contributed by atoms with Gasteiger partial charge in [-0.25, -0.2) is 5.43 Å². The van der Waals surface area contributed by atoms with Crippen molar-refractivity contribution in [1.82, 2.24) is 5.43 Å². The maximum absolute atomic E-state index is 12.2. The molecule has 0 fully saturated rings. The summed E-state index contributed by atoms with van der Waals surface area (Å²) in [5, 5.41) is 4.73. The normalized spacial score (nSPS) is 10.7. The van der Waals surface area contributed by atoms with E-state index in [9.17, 15) is 4.79 Å². The fraction of sp³-hybridized carbons (Fsp3) is 0.0909. The van der Waals surface area contributed by atoms with Crippen molar-refractivity contribution >= 4 is 23.7 Å². The van der Waals surface area contributed by atoms with Crippen molar-refractivity contribution in [2.75, 3.05) is 0 Å². The van der Waals surface area contributed by atoms with Gasteiger partial charge < -0.3 is 4.74 Å². The van der Waals surface area contributed by atoms with Crippen molar-refractivity contribution in [3.63, 3.8) is 0 Å². The molecule has 0 bridgehead atoms. The number of aryl methyl sites for hydroxylation is 1. The summed E-state index contributed by atoms with van der Waals surface area (Å²) in [4.78, 5) is 12.2. The molecule has 3 rings (SSSR count). The summed E-state index contributed by atoms with van der Waals surface area (Å²) in [7, 11) is 0. The number of nitrogens with zero attached hydrogens (tertiary/aromatic N) is 1. The minimum Gasteiger partial charge on any atom is -0.488 e. The van der Waals surface area contributed by atoms with Crippen LogP contribution in [-0.4, -0.2) is 12.1 Å². The monoisotopic (exact) mass is 378 g/mol. The number of carbonyl (C=O) groups excluding carboxylic acids is 1. The Morgan fingerprint density at radius 2 is 1.85 bits per heavy atom. The van der Waals surface area contributed by atoms with Crippen molar-refractivity contribution in [1.29, 1.82) is 0 Å². The average Bonchev–Trinajstić information content (AvgIpc) is 2.67. The third kappa shape index (κ3) is 5.19. The Bertz CT molecular complexity index is 970. The van der Waals surface area contributed by atoms with Crippen LogP contribution >= 0.6 is 11.6 Å². The molecule has 0 unspecified atom stereocenters. The van der Waals surface area contributed by atoms with Gasteiger partial charge in [0.05, 0.1) is 6.21 Å². The zero-order chi connectivity index (χ0) is 19.1. The average molecular weight is 379 g/mol. The van der Waals surface area contributed by atoms with Gasteiger partial charge in [0.2, 0.25) is 0 Å². The van der Waals surface area contributed by atoms with E-state index in [1.54, 1.807) is 12.3 Å². The summed E-state index contributed by atoms with van der Waals surface area (Å²) in [6, 6.07) is 22.4. The number of hydrogen-bond donors (Lipinski definition) is 1. The van der Waals surface area contributed by atoms with Crippen LogP contribution < -0.4 is 10.2 Å². The minimum absolute atomic E-state index is 0.248. The number of amides is 1. The van der Waals surface area contributed by atoms with Crippen LogP contribution in [0.4, 0.5) is 0 Å². The molecule has 0 aliphatic rings. The van der Waals surface area contributed by atoms with Gasteiger partial charge in [0, 0.05) is 16.1 Å². The van der Waals surface area contributed by atoms with E-state index in [2.05, 4.69) is 10.5 Å². The van der Waals surface area contributed by atoms with E-state index < -0.39 is 0 Å². The van der Waals surface area contributed by atoms with Crippen molar-refractivity contribution in [3.8, 4) is 5.75 Å². The molecule has 4 nitrogen and oxygen atoms in total. The van der Waals surface area contributed by atoms with Crippen molar-refractivity contribution in [2.45, 2.75) is 13.5 Å². The molecule has 27 heavy (non-hydrogen) atoms. The number of carbonyl (C=O) groups is 1. The lowest BCUT2D eigenvalue weighted by molar-refractivity contribution is 0.0954. The van der Waals surface area contributed by atoms with E-state index in [0.717, 1.165) is 16.7 Å². The lowest BCUT2D eigenvalue weighted by Gasteiger charge is -2.09. The molecule has 1 amide bonds. The zero-order valence-corrected chi connectivity index (χ0v) is 15.6. The molecule has 136 valence electrons. The van der Waals surface area contributed by atoms with Gasteiger partial charge in [-0.15, -0.1) is 0 Å². The van der Waals surface area contributed by atoms with Crippen molar-refractivity contribution in [2.24, 2.45) is 5.10 Å². The molecule has 0 radical (unpaired) electrons. The number of ether oxygens (including phenoxy) is 1. The summed E-state index contributed by atoms with van der Waals surface area (Å²) in [5.41, 5.74) is 5.79. The van der Waals surface area contributed by atoms with Crippen LogP contribution in [0.1, 0.15) is 27.0 Å². The molecule has 5 heteroatoms. The topological polar surface area (TPSA) is 50.7 Å². The van der Waals surface area contributed by atoms with Gasteiger partial charge in [-0.1, -0.05) is 54.1 Å². The number of rotatable bonds is 6. The lowest BCUT2D eigenvalue weighted by Crippen LogP contribution is -2.18. The molecular formula is C22H19ClN2O2. The molecule has 0 aliphatic carbocycles. The van der Waals surface area contributed by atoms with Crippen LogP contribution in [0, 0.1) is 6.92 Å². The number of halogens is 1. The number of benzene rings is 3. The number of nitrogens with one attached hydrogen (secondary N) is 1. The highest BCUT2D eigenvalue weighted by Gasteiger charge is 2.07. The molecule has 0 atom stereocenters. The SMILES string of the molecule is Cc1ccccc1C(=O)N/N=C\c1ccccc1OCc1cccc(Cl)c1. The van der Waals surface area contributed by atoms with Crippen LogP contribution in [-0.2, 0) is 6.61 Å². The second kappa shape index (κ2) is 9.01. The molecular weight excluding hydrogens is 360 g/mol. The summed E-state index contributed by atoms with van der Waals surface area (Å²) < 4.78 is 5.88. The van der Waals surface area contributed by atoms with Gasteiger partial charge in [0.25, 0.3) is 5.91 Å². The van der Waals surface area contributed by atoms with Gasteiger partial charge in [-0.2, -0.15) is 5.10 Å². The predicted molar refractivity (Wildman–Crippen MR) is 108 cm³/mol. The van der Waals surface area contributed by atoms with Crippen LogP contribution in [0.25, 0.3) is 0 Å². The van der Waals surface area contributed by atoms with Crippen molar-refractivity contribution in [3.05, 3.63) is 100 Å². The highest BCUT2D eigenvalue weighted by molar-refractivity contribution is 6.30. The second-order valence-corrected chi connectivity index (χ2v) is 6.41. The van der Waals surface area contributed by atoms with Crippen LogP contribution in [0.2, 0.25) is 5.02 Å². The first-order valence-electron chi connectivity index (χ1n) is 8.49. The Balaban J connectivity index is 1.66. The van der Waals surface area contributed by atoms with E-state index in [-0.39, 0.29) is 5.91 Å². The largest absolute Gasteiger partial charge is 0.488 e. The summed E-state index contributed by atoms with van der Waals surface area (Å²) >= 11 is 6.00. The Morgan fingerprint density at radius 3 is 2.67 bits per heavy atom. The van der Waals surface area contributed by atoms with E-state index in [1.165, 1.54) is 0 Å². The van der Waals surface area contributed by atoms with Gasteiger partial charge in [-0.05, 0) is 48.4 Å². The number of hydrazone groups is 1. The number of para-hydroxylation sites is 1. The number of hydrogen-bond acceptors (Lipinski definition) is 3. The van der Waals surface area contributed by atoms with Gasteiger partial charge >= 0.3 is 0 Å². The highest BCUT2D eigenvalue weighted by atomic mass is 35.5. The Morgan fingerprint density at radius 1 is 1.07 bits per heavy atom. The lowest BCUT2D eigenvalue weighted by atomic mass is 10.1. The third-order valence-corrected chi connectivity index (χ3v) is 4.20. The smallest absolute Gasteiger partial charge is 0.271 e. The Labute approximate surface area is 163 Å². The Hall–Kier alpha value is -3.11. The summed E-state index contributed by atoms with van der Waals surface area (Å²) in [5.74, 6) is 0.424. The predicted octanol–water partition coefficient (Wildman–Crippen LogP) is 4.99. The molecule has 0 saturated carbocycles. The maximum Gasteiger partial charge on any atom is 0.271 e. The van der Waals surface area contributed by atoms with Gasteiger partial charge in [0.1, 0.15) is 12.4 Å². The first kappa shape index (κ1) is 18.7. The quantitative estimate of drug-likeness (QED) is 0.485. The standard InChI is InChI=1S/C22H19ClN2O2/c1-16-7-2-4-11-20(16)22(26)25-24-14-18-9-3-5-12-21(18)27-15-17-8-6-10-19(23)13-17/h2-14H,15H2,1H3,(H,25,26)/b24-14-. The molecule has 3 aromatic rings. The molecule has 0 aromatic heterocycles. The third-order valence-electron chi connectivity index (χ3n) is 3.96. The minimum atomic E-state index is -0.248. The van der Waals surface area contributed by atoms with E-state index in [0.29, 0.717) is 22.9 Å². The van der Waals surface area contributed by atoms with E-state index in [1.807, 2.05) is 73.7 Å². The summed E-state index contributed by atoms with van der Waals surface area (Å²) in [6.07, 6.45) is 1.57. The summed E-state index contributed by atoms with van der Waals surface area (Å²) in [6.45, 7) is 2.28. The van der Waals surface area contributed by atoms with E-state index in [4.69, 9.17) is 16.3 Å². The molecule has 0 aliphatic heterocycles. The zero-order valence-electron chi connectivity index (χ0n) is 14.9. The van der Waals surface area contributed by atoms with E-state index >= 15 is 0 Å². The first-order valence-corrected chi connectivity index (χ1v) is 8.86. The second-order valence-electron chi connectivity index (χ2n) is 5.97. The molecule has 0 saturated heterocycles. The van der Waals surface area contributed by atoms with Crippen LogP contribution in [0.15, 0.2) is 77.9 Å². The fourth-order valence-electron chi connectivity index (χ4n) is 2.55. The van der Waals surface area contributed by atoms with Crippen LogP contribution in [0.5, 0.6) is 5.75 Å². The molecule has 0 heterocycles.